The van der Waals surface area contributed by atoms with Crippen LogP contribution >= 0.6 is 0 Å². The SMILES string of the molecule is C=CCc1nnc(C(=O)c2nnc(CC=C)o2)o1. The van der Waals surface area contributed by atoms with E-state index in [9.17, 15) is 4.79 Å². The van der Waals surface area contributed by atoms with Gasteiger partial charge in [-0.25, -0.2) is 0 Å². The lowest BCUT2D eigenvalue weighted by Gasteiger charge is -1.87. The van der Waals surface area contributed by atoms with Crippen LogP contribution in [0.3, 0.4) is 0 Å². The van der Waals surface area contributed by atoms with E-state index in [1.807, 2.05) is 0 Å². The number of allylic oxidation sites excluding steroid dienone is 2. The normalized spacial score (nSPS) is 10.2. The highest BCUT2D eigenvalue weighted by molar-refractivity contribution is 6.02. The van der Waals surface area contributed by atoms with E-state index < -0.39 is 5.78 Å². The first-order valence-corrected chi connectivity index (χ1v) is 5.16. The van der Waals surface area contributed by atoms with Crippen molar-refractivity contribution in [2.45, 2.75) is 12.8 Å². The van der Waals surface area contributed by atoms with Crippen LogP contribution in [0.15, 0.2) is 34.1 Å². The van der Waals surface area contributed by atoms with Crippen LogP contribution in [-0.2, 0) is 12.8 Å². The van der Waals surface area contributed by atoms with E-state index >= 15 is 0 Å². The Kier molecular flexibility index (Phi) is 3.42. The molecule has 0 saturated carbocycles. The van der Waals surface area contributed by atoms with Crippen LogP contribution < -0.4 is 0 Å². The highest BCUT2D eigenvalue weighted by atomic mass is 16.4. The van der Waals surface area contributed by atoms with Crippen LogP contribution in [-0.4, -0.2) is 26.2 Å². The van der Waals surface area contributed by atoms with Crippen LogP contribution in [0.5, 0.6) is 0 Å². The van der Waals surface area contributed by atoms with Crippen molar-refractivity contribution in [1.29, 1.82) is 0 Å². The maximum atomic E-state index is 11.8. The van der Waals surface area contributed by atoms with E-state index in [0.717, 1.165) is 0 Å². The number of hydrogen-bond donors (Lipinski definition) is 0. The summed E-state index contributed by atoms with van der Waals surface area (Å²) in [6.07, 6.45) is 3.98. The molecule has 0 amide bonds. The second-order valence-corrected chi connectivity index (χ2v) is 3.32. The van der Waals surface area contributed by atoms with Crippen molar-refractivity contribution in [2.24, 2.45) is 0 Å². The topological polar surface area (TPSA) is 94.9 Å². The van der Waals surface area contributed by atoms with Gasteiger partial charge in [-0.15, -0.1) is 33.6 Å². The van der Waals surface area contributed by atoms with Gasteiger partial charge >= 0.3 is 5.78 Å². The van der Waals surface area contributed by atoms with E-state index in [2.05, 4.69) is 33.6 Å². The lowest BCUT2D eigenvalue weighted by atomic mass is 10.4. The van der Waals surface area contributed by atoms with Crippen molar-refractivity contribution in [2.75, 3.05) is 0 Å². The Balaban J connectivity index is 2.18. The molecule has 92 valence electrons. The standard InChI is InChI=1S/C11H10N4O3/c1-3-5-7-12-14-10(17-7)9(16)11-15-13-8(18-11)6-4-2/h3-4H,1-2,5-6H2. The number of nitrogens with zero attached hydrogens (tertiary/aromatic N) is 4. The molecule has 0 aliphatic carbocycles. The summed E-state index contributed by atoms with van der Waals surface area (Å²) in [5, 5.41) is 14.6. The van der Waals surface area contributed by atoms with E-state index in [1.165, 1.54) is 0 Å². The molecule has 2 aromatic heterocycles. The van der Waals surface area contributed by atoms with Gasteiger partial charge in [-0.1, -0.05) is 12.2 Å². The molecule has 0 fully saturated rings. The number of hydrogen-bond acceptors (Lipinski definition) is 7. The maximum absolute atomic E-state index is 11.8. The van der Waals surface area contributed by atoms with Crippen LogP contribution in [0, 0.1) is 0 Å². The van der Waals surface area contributed by atoms with Gasteiger partial charge in [0, 0.05) is 12.8 Å². The van der Waals surface area contributed by atoms with E-state index in [1.54, 1.807) is 12.2 Å². The highest BCUT2D eigenvalue weighted by Crippen LogP contribution is 2.09. The molecule has 0 atom stereocenters. The number of carbonyl (C=O) groups is 1. The average Bonchev–Trinajstić information content (AvgIpc) is 2.98. The number of aromatic nitrogens is 4. The van der Waals surface area contributed by atoms with Gasteiger partial charge in [0.15, 0.2) is 0 Å². The molecule has 2 aromatic rings. The van der Waals surface area contributed by atoms with Crippen molar-refractivity contribution < 1.29 is 13.6 Å². The summed E-state index contributed by atoms with van der Waals surface area (Å²) in [6.45, 7) is 7.06. The third-order valence-corrected chi connectivity index (χ3v) is 1.96. The Morgan fingerprint density at radius 3 is 1.78 bits per heavy atom. The molecule has 0 spiro atoms. The zero-order valence-electron chi connectivity index (χ0n) is 9.50. The Morgan fingerprint density at radius 1 is 0.944 bits per heavy atom. The van der Waals surface area contributed by atoms with Gasteiger partial charge in [-0.05, 0) is 0 Å². The molecule has 18 heavy (non-hydrogen) atoms. The quantitative estimate of drug-likeness (QED) is 0.557. The summed E-state index contributed by atoms with van der Waals surface area (Å²) in [5.74, 6) is -0.347. The minimum Gasteiger partial charge on any atom is -0.418 e. The van der Waals surface area contributed by atoms with Gasteiger partial charge in [0.25, 0.3) is 11.8 Å². The summed E-state index contributed by atoms with van der Waals surface area (Å²) in [4.78, 5) is 11.8. The van der Waals surface area contributed by atoms with Crippen molar-refractivity contribution in [3.8, 4) is 0 Å². The van der Waals surface area contributed by atoms with Crippen molar-refractivity contribution in [3.63, 3.8) is 0 Å². The first kappa shape index (κ1) is 11.9. The van der Waals surface area contributed by atoms with Crippen LogP contribution in [0.25, 0.3) is 0 Å². The zero-order chi connectivity index (χ0) is 13.0. The van der Waals surface area contributed by atoms with E-state index in [0.29, 0.717) is 24.6 Å². The molecule has 0 saturated heterocycles. The van der Waals surface area contributed by atoms with Gasteiger partial charge in [0.2, 0.25) is 11.8 Å². The van der Waals surface area contributed by atoms with Gasteiger partial charge in [-0.3, -0.25) is 4.79 Å². The fraction of sp³-hybridized carbons (Fsp3) is 0.182. The number of ketones is 1. The van der Waals surface area contributed by atoms with Crippen LogP contribution in [0.4, 0.5) is 0 Å². The Morgan fingerprint density at radius 2 is 1.39 bits per heavy atom. The third-order valence-electron chi connectivity index (χ3n) is 1.96. The summed E-state index contributed by atoms with van der Waals surface area (Å²) in [5.41, 5.74) is 0. The van der Waals surface area contributed by atoms with Crippen molar-refractivity contribution in [1.82, 2.24) is 20.4 Å². The Bertz CT molecular complexity index is 534. The van der Waals surface area contributed by atoms with Gasteiger partial charge in [0.1, 0.15) is 0 Å². The zero-order valence-corrected chi connectivity index (χ0v) is 9.50. The first-order chi connectivity index (χ1) is 8.74. The smallest absolute Gasteiger partial charge is 0.306 e. The summed E-state index contributed by atoms with van der Waals surface area (Å²) < 4.78 is 10.2. The first-order valence-electron chi connectivity index (χ1n) is 5.16. The number of rotatable bonds is 6. The molecule has 0 bridgehead atoms. The molecular weight excluding hydrogens is 236 g/mol. The van der Waals surface area contributed by atoms with E-state index in [4.69, 9.17) is 8.83 Å². The molecule has 2 heterocycles. The highest BCUT2D eigenvalue weighted by Gasteiger charge is 2.22. The minimum atomic E-state index is -0.597. The lowest BCUT2D eigenvalue weighted by Crippen LogP contribution is -2.02. The maximum Gasteiger partial charge on any atom is 0.306 e. The summed E-state index contributed by atoms with van der Waals surface area (Å²) >= 11 is 0. The van der Waals surface area contributed by atoms with Crippen LogP contribution in [0.1, 0.15) is 28.4 Å². The number of carbonyl (C=O) groups excluding carboxylic acids is 1. The molecule has 7 heteroatoms. The van der Waals surface area contributed by atoms with Gasteiger partial charge in [0.05, 0.1) is 0 Å². The molecule has 2 rings (SSSR count). The predicted octanol–water partition coefficient (Wildman–Crippen LogP) is 1.14. The molecule has 0 aliphatic rings. The molecule has 7 nitrogen and oxygen atoms in total. The molecule has 0 radical (unpaired) electrons. The predicted molar refractivity (Wildman–Crippen MR) is 59.8 cm³/mol. The lowest BCUT2D eigenvalue weighted by molar-refractivity contribution is 0.0967. The molecular formula is C11H10N4O3. The minimum absolute atomic E-state index is 0.180. The second kappa shape index (κ2) is 5.17. The van der Waals surface area contributed by atoms with Crippen LogP contribution in [0.2, 0.25) is 0 Å². The fourth-order valence-electron chi connectivity index (χ4n) is 1.19. The van der Waals surface area contributed by atoms with Gasteiger partial charge < -0.3 is 8.83 Å². The second-order valence-electron chi connectivity index (χ2n) is 3.32. The van der Waals surface area contributed by atoms with E-state index in [-0.39, 0.29) is 11.8 Å². The Hall–Kier alpha value is -2.57. The molecule has 0 unspecified atom stereocenters. The molecule has 0 N–H and O–H groups in total. The average molecular weight is 246 g/mol. The van der Waals surface area contributed by atoms with Crippen molar-refractivity contribution >= 4 is 5.78 Å². The molecule has 0 aliphatic heterocycles. The summed E-state index contributed by atoms with van der Waals surface area (Å²) in [6, 6.07) is 0. The molecule has 0 aromatic carbocycles. The van der Waals surface area contributed by atoms with Crippen molar-refractivity contribution in [3.05, 3.63) is 48.9 Å². The van der Waals surface area contributed by atoms with Gasteiger partial charge in [-0.2, -0.15) is 0 Å². The summed E-state index contributed by atoms with van der Waals surface area (Å²) in [7, 11) is 0. The fourth-order valence-corrected chi connectivity index (χ4v) is 1.19. The monoisotopic (exact) mass is 246 g/mol. The largest absolute Gasteiger partial charge is 0.418 e. The third kappa shape index (κ3) is 2.40. The Labute approximate surface area is 102 Å².